The van der Waals surface area contributed by atoms with E-state index in [4.69, 9.17) is 10.2 Å². The maximum atomic E-state index is 9.06. The van der Waals surface area contributed by atoms with Crippen LogP contribution in [0.25, 0.3) is 0 Å². The molecule has 0 fully saturated rings. The van der Waals surface area contributed by atoms with Crippen LogP contribution >= 0.6 is 12.4 Å². The third-order valence-corrected chi connectivity index (χ3v) is 1.54. The molecule has 0 radical (unpaired) electrons. The molecule has 0 saturated heterocycles. The molecule has 0 aromatic carbocycles. The SMILES string of the molecule is Cl.OCC(O)CN1C=CC=CC1. The van der Waals surface area contributed by atoms with E-state index < -0.39 is 6.10 Å². The Labute approximate surface area is 78.4 Å². The molecule has 1 aliphatic heterocycles. The molecule has 0 amide bonds. The fourth-order valence-electron chi connectivity index (χ4n) is 0.971. The summed E-state index contributed by atoms with van der Waals surface area (Å²) in [7, 11) is 0. The zero-order valence-electron chi connectivity index (χ0n) is 6.76. The Morgan fingerprint density at radius 3 is 2.67 bits per heavy atom. The number of nitrogens with zero attached hydrogens (tertiary/aromatic N) is 1. The lowest BCUT2D eigenvalue weighted by Gasteiger charge is -2.22. The predicted octanol–water partition coefficient (Wildman–Crippen LogP) is 0.147. The fourth-order valence-corrected chi connectivity index (χ4v) is 0.971. The van der Waals surface area contributed by atoms with E-state index in [1.807, 2.05) is 29.3 Å². The van der Waals surface area contributed by atoms with Crippen LogP contribution in [0.1, 0.15) is 0 Å². The lowest BCUT2D eigenvalue weighted by molar-refractivity contribution is 0.0739. The summed E-state index contributed by atoms with van der Waals surface area (Å²) in [4.78, 5) is 1.95. The Kier molecular flexibility index (Phi) is 5.80. The average Bonchev–Trinajstić information content (AvgIpc) is 2.06. The predicted molar refractivity (Wildman–Crippen MR) is 50.2 cm³/mol. The Hall–Kier alpha value is -0.510. The second-order valence-electron chi connectivity index (χ2n) is 2.56. The molecule has 1 unspecified atom stereocenters. The van der Waals surface area contributed by atoms with Gasteiger partial charge in [-0.3, -0.25) is 0 Å². The number of hydrogen-bond acceptors (Lipinski definition) is 3. The van der Waals surface area contributed by atoms with Gasteiger partial charge in [-0.25, -0.2) is 0 Å². The van der Waals surface area contributed by atoms with Crippen molar-refractivity contribution in [1.29, 1.82) is 0 Å². The molecule has 0 spiro atoms. The van der Waals surface area contributed by atoms with Gasteiger partial charge < -0.3 is 15.1 Å². The summed E-state index contributed by atoms with van der Waals surface area (Å²) < 4.78 is 0. The van der Waals surface area contributed by atoms with E-state index in [9.17, 15) is 0 Å². The van der Waals surface area contributed by atoms with Crippen LogP contribution in [-0.2, 0) is 0 Å². The molecule has 0 bridgehead atoms. The van der Waals surface area contributed by atoms with Crippen LogP contribution in [0.3, 0.4) is 0 Å². The standard InChI is InChI=1S/C8H13NO2.ClH/c10-7-8(11)6-9-4-2-1-3-5-9;/h1-4,8,10-11H,5-7H2;1H. The van der Waals surface area contributed by atoms with Gasteiger partial charge in [-0.05, 0) is 12.3 Å². The zero-order chi connectivity index (χ0) is 8.10. The smallest absolute Gasteiger partial charge is 0.0945 e. The lowest BCUT2D eigenvalue weighted by atomic mass is 10.3. The van der Waals surface area contributed by atoms with Crippen molar-refractivity contribution in [3.8, 4) is 0 Å². The summed E-state index contributed by atoms with van der Waals surface area (Å²) >= 11 is 0. The highest BCUT2D eigenvalue weighted by molar-refractivity contribution is 5.85. The van der Waals surface area contributed by atoms with E-state index in [2.05, 4.69) is 0 Å². The van der Waals surface area contributed by atoms with E-state index in [1.165, 1.54) is 0 Å². The zero-order valence-corrected chi connectivity index (χ0v) is 7.57. The van der Waals surface area contributed by atoms with Gasteiger partial charge in [-0.1, -0.05) is 12.2 Å². The maximum absolute atomic E-state index is 9.06. The molecule has 70 valence electrons. The van der Waals surface area contributed by atoms with E-state index in [-0.39, 0.29) is 19.0 Å². The van der Waals surface area contributed by atoms with E-state index in [1.54, 1.807) is 0 Å². The first kappa shape index (κ1) is 11.5. The fraction of sp³-hybridized carbons (Fsp3) is 0.500. The molecule has 1 atom stereocenters. The number of halogens is 1. The Balaban J connectivity index is 0.00000121. The first-order chi connectivity index (χ1) is 5.33. The van der Waals surface area contributed by atoms with Crippen molar-refractivity contribution in [3.05, 3.63) is 24.4 Å². The van der Waals surface area contributed by atoms with Gasteiger partial charge in [0.1, 0.15) is 0 Å². The molecule has 0 aliphatic carbocycles. The highest BCUT2D eigenvalue weighted by atomic mass is 35.5. The van der Waals surface area contributed by atoms with Gasteiger partial charge in [-0.15, -0.1) is 12.4 Å². The Morgan fingerprint density at radius 1 is 1.42 bits per heavy atom. The summed E-state index contributed by atoms with van der Waals surface area (Å²) in [6.45, 7) is 1.14. The number of allylic oxidation sites excluding steroid dienone is 2. The Morgan fingerprint density at radius 2 is 2.17 bits per heavy atom. The van der Waals surface area contributed by atoms with Crippen LogP contribution in [0.5, 0.6) is 0 Å². The van der Waals surface area contributed by atoms with Crippen LogP contribution in [0, 0.1) is 0 Å². The third kappa shape index (κ3) is 3.76. The minimum atomic E-state index is -0.633. The molecule has 12 heavy (non-hydrogen) atoms. The molecule has 1 aliphatic rings. The van der Waals surface area contributed by atoms with Crippen molar-refractivity contribution in [1.82, 2.24) is 4.90 Å². The second kappa shape index (κ2) is 6.06. The molecule has 1 heterocycles. The normalized spacial score (nSPS) is 17.3. The lowest BCUT2D eigenvalue weighted by Crippen LogP contribution is -2.31. The van der Waals surface area contributed by atoms with Gasteiger partial charge in [0, 0.05) is 13.1 Å². The molecule has 0 saturated carbocycles. The van der Waals surface area contributed by atoms with E-state index >= 15 is 0 Å². The minimum absolute atomic E-state index is 0. The number of hydrogen-bond donors (Lipinski definition) is 2. The van der Waals surface area contributed by atoms with Crippen LogP contribution in [-0.4, -0.2) is 40.9 Å². The Bertz CT molecular complexity index is 170. The van der Waals surface area contributed by atoms with Crippen molar-refractivity contribution in [2.75, 3.05) is 19.7 Å². The monoisotopic (exact) mass is 191 g/mol. The first-order valence-electron chi connectivity index (χ1n) is 3.69. The highest BCUT2D eigenvalue weighted by Crippen LogP contribution is 1.99. The van der Waals surface area contributed by atoms with Crippen molar-refractivity contribution in [3.63, 3.8) is 0 Å². The number of aliphatic hydroxyl groups is 2. The number of rotatable bonds is 3. The maximum Gasteiger partial charge on any atom is 0.0945 e. The molecule has 2 N–H and O–H groups in total. The summed E-state index contributed by atoms with van der Waals surface area (Å²) in [6, 6.07) is 0. The van der Waals surface area contributed by atoms with Crippen LogP contribution in [0.2, 0.25) is 0 Å². The minimum Gasteiger partial charge on any atom is -0.394 e. The third-order valence-electron chi connectivity index (χ3n) is 1.54. The highest BCUT2D eigenvalue weighted by Gasteiger charge is 2.06. The van der Waals surface area contributed by atoms with Crippen LogP contribution < -0.4 is 0 Å². The summed E-state index contributed by atoms with van der Waals surface area (Å²) in [6.07, 6.45) is 7.14. The van der Waals surface area contributed by atoms with Gasteiger partial charge in [0.2, 0.25) is 0 Å². The van der Waals surface area contributed by atoms with Crippen molar-refractivity contribution < 1.29 is 10.2 Å². The van der Waals surface area contributed by atoms with Gasteiger partial charge in [0.25, 0.3) is 0 Å². The van der Waals surface area contributed by atoms with Gasteiger partial charge in [0.15, 0.2) is 0 Å². The average molecular weight is 192 g/mol. The van der Waals surface area contributed by atoms with Gasteiger partial charge >= 0.3 is 0 Å². The number of aliphatic hydroxyl groups excluding tert-OH is 2. The summed E-state index contributed by atoms with van der Waals surface area (Å²) in [5.74, 6) is 0. The van der Waals surface area contributed by atoms with Crippen LogP contribution in [0.15, 0.2) is 24.4 Å². The second-order valence-corrected chi connectivity index (χ2v) is 2.56. The molecular weight excluding hydrogens is 178 g/mol. The molecule has 3 nitrogen and oxygen atoms in total. The quantitative estimate of drug-likeness (QED) is 0.668. The van der Waals surface area contributed by atoms with Crippen molar-refractivity contribution in [2.24, 2.45) is 0 Å². The molecule has 1 rings (SSSR count). The topological polar surface area (TPSA) is 43.7 Å². The van der Waals surface area contributed by atoms with E-state index in [0.717, 1.165) is 6.54 Å². The largest absolute Gasteiger partial charge is 0.394 e. The molecule has 0 aromatic heterocycles. The molecule has 4 heteroatoms. The van der Waals surface area contributed by atoms with Crippen molar-refractivity contribution in [2.45, 2.75) is 6.10 Å². The number of β-amino-alcohol motifs (C(OH)–C–C–N with tert-alkyl or cyclic N) is 1. The summed E-state index contributed by atoms with van der Waals surface area (Å²) in [5, 5.41) is 17.6. The van der Waals surface area contributed by atoms with Crippen LogP contribution in [0.4, 0.5) is 0 Å². The molecular formula is C8H14ClNO2. The summed E-state index contributed by atoms with van der Waals surface area (Å²) in [5.41, 5.74) is 0. The van der Waals surface area contributed by atoms with Gasteiger partial charge in [0.05, 0.1) is 12.7 Å². The first-order valence-corrected chi connectivity index (χ1v) is 3.69. The van der Waals surface area contributed by atoms with Crippen molar-refractivity contribution >= 4 is 12.4 Å². The van der Waals surface area contributed by atoms with Gasteiger partial charge in [-0.2, -0.15) is 0 Å². The molecule has 0 aromatic rings. The van der Waals surface area contributed by atoms with E-state index in [0.29, 0.717) is 6.54 Å².